The van der Waals surface area contributed by atoms with Gasteiger partial charge in [0, 0.05) is 19.1 Å². The van der Waals surface area contributed by atoms with Crippen molar-refractivity contribution in [2.45, 2.75) is 38.9 Å². The lowest BCUT2D eigenvalue weighted by Crippen LogP contribution is -2.60. The third kappa shape index (κ3) is 3.39. The molecule has 0 aromatic heterocycles. The summed E-state index contributed by atoms with van der Waals surface area (Å²) in [6.45, 7) is 8.40. The normalized spacial score (nSPS) is 28.4. The molecule has 6 heteroatoms. The van der Waals surface area contributed by atoms with E-state index in [9.17, 15) is 0 Å². The van der Waals surface area contributed by atoms with Gasteiger partial charge in [-0.05, 0) is 25.0 Å². The molecule has 6 N–H and O–H groups in total. The fraction of sp³-hybridized carbons (Fsp3) is 0.769. The number of hydrogen-bond donors (Lipinski definition) is 4. The molecule has 1 saturated heterocycles. The van der Waals surface area contributed by atoms with Gasteiger partial charge in [0.05, 0.1) is 0 Å². The summed E-state index contributed by atoms with van der Waals surface area (Å²) in [5.74, 6) is 1.38. The van der Waals surface area contributed by atoms with Crippen LogP contribution in [0.5, 0.6) is 0 Å². The van der Waals surface area contributed by atoms with E-state index in [2.05, 4.69) is 41.3 Å². The van der Waals surface area contributed by atoms with Crippen LogP contribution < -0.4 is 22.1 Å². The van der Waals surface area contributed by atoms with Crippen LogP contribution in [0.25, 0.3) is 0 Å². The van der Waals surface area contributed by atoms with E-state index in [-0.39, 0.29) is 5.41 Å². The van der Waals surface area contributed by atoms with Crippen LogP contribution >= 0.6 is 0 Å². The van der Waals surface area contributed by atoms with Crippen molar-refractivity contribution in [2.24, 2.45) is 21.9 Å². The molecule has 0 aromatic rings. The standard InChI is InChI=1S/C13H26N6/c1-12(2,3)8-13(15)5-10(17-11(14)18-13)19-6-9(7-19)16-4/h5,9,16H,6-8,15H2,1-4H3,(H3,14,17,18). The van der Waals surface area contributed by atoms with Gasteiger partial charge >= 0.3 is 0 Å². The van der Waals surface area contributed by atoms with Crippen molar-refractivity contribution >= 4 is 5.96 Å². The fourth-order valence-electron chi connectivity index (χ4n) is 2.66. The van der Waals surface area contributed by atoms with E-state index in [0.29, 0.717) is 12.0 Å². The van der Waals surface area contributed by atoms with Gasteiger partial charge < -0.3 is 27.0 Å². The molecular formula is C13H26N6. The van der Waals surface area contributed by atoms with E-state index < -0.39 is 5.66 Å². The van der Waals surface area contributed by atoms with Crippen molar-refractivity contribution in [2.75, 3.05) is 20.1 Å². The zero-order valence-electron chi connectivity index (χ0n) is 12.3. The first-order chi connectivity index (χ1) is 8.71. The summed E-state index contributed by atoms with van der Waals surface area (Å²) in [5.41, 5.74) is 11.6. The van der Waals surface area contributed by atoms with Gasteiger partial charge in [-0.15, -0.1) is 0 Å². The molecule has 0 aromatic carbocycles. The summed E-state index contributed by atoms with van der Waals surface area (Å²) in [4.78, 5) is 6.60. The summed E-state index contributed by atoms with van der Waals surface area (Å²) < 4.78 is 0. The van der Waals surface area contributed by atoms with Crippen LogP contribution in [0.4, 0.5) is 0 Å². The summed E-state index contributed by atoms with van der Waals surface area (Å²) in [6.07, 6.45) is 2.76. The first-order valence-electron chi connectivity index (χ1n) is 6.77. The van der Waals surface area contributed by atoms with Gasteiger partial charge in [0.15, 0.2) is 5.96 Å². The van der Waals surface area contributed by atoms with Gasteiger partial charge in [-0.1, -0.05) is 20.8 Å². The molecule has 2 aliphatic heterocycles. The minimum Gasteiger partial charge on any atom is -0.370 e. The third-order valence-electron chi connectivity index (χ3n) is 3.42. The van der Waals surface area contributed by atoms with Gasteiger partial charge in [0.25, 0.3) is 0 Å². The van der Waals surface area contributed by atoms with Crippen molar-refractivity contribution < 1.29 is 0 Å². The molecule has 0 amide bonds. The maximum atomic E-state index is 6.38. The van der Waals surface area contributed by atoms with Gasteiger partial charge in [0.1, 0.15) is 11.5 Å². The van der Waals surface area contributed by atoms with Crippen molar-refractivity contribution in [3.63, 3.8) is 0 Å². The summed E-state index contributed by atoms with van der Waals surface area (Å²) in [6, 6.07) is 0.539. The Balaban J connectivity index is 2.11. The molecule has 1 fully saturated rings. The smallest absolute Gasteiger partial charge is 0.196 e. The van der Waals surface area contributed by atoms with Crippen molar-refractivity contribution in [3.05, 3.63) is 11.9 Å². The van der Waals surface area contributed by atoms with E-state index in [4.69, 9.17) is 11.5 Å². The van der Waals surface area contributed by atoms with Gasteiger partial charge in [-0.2, -0.15) is 0 Å². The van der Waals surface area contributed by atoms with Crippen molar-refractivity contribution in [1.29, 1.82) is 0 Å². The number of nitrogens with two attached hydrogens (primary N) is 2. The number of rotatable bonds is 3. The number of likely N-dealkylation sites (tertiary alicyclic amines) is 1. The summed E-state index contributed by atoms with van der Waals surface area (Å²) >= 11 is 0. The molecule has 2 rings (SSSR count). The minimum absolute atomic E-state index is 0.0972. The average molecular weight is 266 g/mol. The first-order valence-corrected chi connectivity index (χ1v) is 6.77. The lowest BCUT2D eigenvalue weighted by atomic mass is 9.84. The van der Waals surface area contributed by atoms with E-state index in [1.54, 1.807) is 0 Å². The number of aliphatic imine (C=N–C) groups is 1. The zero-order valence-corrected chi connectivity index (χ0v) is 12.3. The molecule has 0 saturated carbocycles. The Labute approximate surface area is 115 Å². The monoisotopic (exact) mass is 266 g/mol. The number of likely N-dealkylation sites (N-methyl/N-ethyl adjacent to an activating group) is 1. The van der Waals surface area contributed by atoms with Crippen LogP contribution in [-0.2, 0) is 0 Å². The predicted octanol–water partition coefficient (Wildman–Crippen LogP) is -0.259. The second-order valence-corrected chi connectivity index (χ2v) is 6.77. The molecule has 19 heavy (non-hydrogen) atoms. The van der Waals surface area contributed by atoms with Crippen LogP contribution in [0.15, 0.2) is 16.9 Å². The second-order valence-electron chi connectivity index (χ2n) is 6.77. The average Bonchev–Trinajstić information content (AvgIpc) is 2.09. The predicted molar refractivity (Wildman–Crippen MR) is 78.3 cm³/mol. The number of nitrogens with one attached hydrogen (secondary N) is 2. The maximum absolute atomic E-state index is 6.38. The number of nitrogens with zero attached hydrogens (tertiary/aromatic N) is 2. The van der Waals surface area contributed by atoms with E-state index in [1.807, 2.05) is 13.1 Å². The van der Waals surface area contributed by atoms with E-state index >= 15 is 0 Å². The number of guanidine groups is 1. The summed E-state index contributed by atoms with van der Waals surface area (Å²) in [7, 11) is 1.98. The lowest BCUT2D eigenvalue weighted by Gasteiger charge is -2.44. The molecule has 6 nitrogen and oxygen atoms in total. The van der Waals surface area contributed by atoms with Crippen LogP contribution in [0.1, 0.15) is 27.2 Å². The highest BCUT2D eigenvalue weighted by atomic mass is 15.4. The molecule has 2 heterocycles. The quantitative estimate of drug-likeness (QED) is 0.565. The highest BCUT2D eigenvalue weighted by molar-refractivity contribution is 5.81. The SMILES string of the molecule is CNC1CN(C2=CC(N)(CC(C)(C)C)N=C(N)N2)C1. The molecule has 0 radical (unpaired) electrons. The van der Waals surface area contributed by atoms with Crippen LogP contribution in [0.2, 0.25) is 0 Å². The van der Waals surface area contributed by atoms with Crippen LogP contribution in [0, 0.1) is 5.41 Å². The third-order valence-corrected chi connectivity index (χ3v) is 3.42. The number of hydrogen-bond acceptors (Lipinski definition) is 6. The first kappa shape index (κ1) is 14.1. The molecule has 1 unspecified atom stereocenters. The molecule has 1 atom stereocenters. The zero-order chi connectivity index (χ0) is 14.3. The Hall–Kier alpha value is -1.27. The molecule has 2 aliphatic rings. The van der Waals surface area contributed by atoms with Crippen molar-refractivity contribution in [1.82, 2.24) is 15.5 Å². The second kappa shape index (κ2) is 4.68. The van der Waals surface area contributed by atoms with Gasteiger partial charge in [-0.3, -0.25) is 0 Å². The topological polar surface area (TPSA) is 91.7 Å². The lowest BCUT2D eigenvalue weighted by molar-refractivity contribution is 0.165. The molecule has 108 valence electrons. The highest BCUT2D eigenvalue weighted by Crippen LogP contribution is 2.30. The maximum Gasteiger partial charge on any atom is 0.196 e. The fourth-order valence-corrected chi connectivity index (χ4v) is 2.66. The Kier molecular flexibility index (Phi) is 3.49. The van der Waals surface area contributed by atoms with Gasteiger partial charge in [0.2, 0.25) is 0 Å². The Bertz CT molecular complexity index is 402. The van der Waals surface area contributed by atoms with Crippen LogP contribution in [0.3, 0.4) is 0 Å². The van der Waals surface area contributed by atoms with Gasteiger partial charge in [-0.25, -0.2) is 4.99 Å². The van der Waals surface area contributed by atoms with E-state index in [1.165, 1.54) is 0 Å². The van der Waals surface area contributed by atoms with Crippen LogP contribution in [-0.4, -0.2) is 42.7 Å². The molecule has 0 spiro atoms. The molecular weight excluding hydrogens is 240 g/mol. The van der Waals surface area contributed by atoms with E-state index in [0.717, 1.165) is 25.3 Å². The highest BCUT2D eigenvalue weighted by Gasteiger charge is 2.35. The minimum atomic E-state index is -0.715. The summed E-state index contributed by atoms with van der Waals surface area (Å²) in [5, 5.41) is 6.36. The molecule has 0 aliphatic carbocycles. The Morgan fingerprint density at radius 3 is 2.68 bits per heavy atom. The Morgan fingerprint density at radius 1 is 1.53 bits per heavy atom. The largest absolute Gasteiger partial charge is 0.370 e. The molecule has 0 bridgehead atoms. The van der Waals surface area contributed by atoms with Crippen molar-refractivity contribution in [3.8, 4) is 0 Å². The Morgan fingerprint density at radius 2 is 2.16 bits per heavy atom.